The van der Waals surface area contributed by atoms with Crippen molar-refractivity contribution in [2.75, 3.05) is 6.61 Å². The Balaban J connectivity index is 2.04. The van der Waals surface area contributed by atoms with E-state index in [-0.39, 0.29) is 47.5 Å². The molecule has 0 aromatic heterocycles. The number of rotatable bonds is 1. The van der Waals surface area contributed by atoms with Gasteiger partial charge in [-0.2, -0.15) is 0 Å². The summed E-state index contributed by atoms with van der Waals surface area (Å²) in [5.41, 5.74) is -0.913. The van der Waals surface area contributed by atoms with Gasteiger partial charge in [-0.3, -0.25) is 9.59 Å². The number of allylic oxidation sites excluding steroid dienone is 2. The van der Waals surface area contributed by atoms with Gasteiger partial charge < -0.3 is 20.1 Å². The molecule has 1 heterocycles. The topological polar surface area (TPSA) is 104 Å². The summed E-state index contributed by atoms with van der Waals surface area (Å²) in [7, 11) is 0. The number of aromatic hydroxyl groups is 2. The molecule has 7 heteroatoms. The van der Waals surface area contributed by atoms with Gasteiger partial charge in [-0.15, -0.1) is 11.6 Å². The Hall–Kier alpha value is -2.41. The first-order chi connectivity index (χ1) is 15.0. The lowest BCUT2D eigenvalue weighted by Gasteiger charge is -2.48. The standard InChI is InChI=1S/C25H27ClO6/c1-13-5-4-6-14(12-27)9-15-18(28)10-16-20(21(15)29)22(30)17-11-19(26)24(2,3)32-25(17,8-7-13)23(16)31/h6-7,10-11,19,27-29H,4-5,8-9,12H2,1-3H3. The molecule has 170 valence electrons. The van der Waals surface area contributed by atoms with Crippen LogP contribution in [-0.2, 0) is 11.2 Å². The van der Waals surface area contributed by atoms with Crippen LogP contribution in [-0.4, -0.2) is 50.1 Å². The molecule has 0 saturated carbocycles. The van der Waals surface area contributed by atoms with Crippen molar-refractivity contribution >= 4 is 23.2 Å². The van der Waals surface area contributed by atoms with Gasteiger partial charge in [-0.1, -0.05) is 23.8 Å². The van der Waals surface area contributed by atoms with Gasteiger partial charge in [0.1, 0.15) is 11.5 Å². The smallest absolute Gasteiger partial charge is 0.200 e. The minimum Gasteiger partial charge on any atom is -0.507 e. The Bertz CT molecular complexity index is 1110. The van der Waals surface area contributed by atoms with Gasteiger partial charge in [0.15, 0.2) is 11.4 Å². The molecule has 4 bridgehead atoms. The number of Topliss-reactive ketones (excluding diaryl/α,β-unsaturated/α-hetero) is 2. The van der Waals surface area contributed by atoms with Crippen molar-refractivity contribution in [3.63, 3.8) is 0 Å². The number of phenolic OH excluding ortho intramolecular Hbond substituents is 2. The van der Waals surface area contributed by atoms with Crippen LogP contribution in [0.25, 0.3) is 0 Å². The molecule has 0 saturated heterocycles. The fourth-order valence-electron chi connectivity index (χ4n) is 4.69. The Kier molecular flexibility index (Phi) is 5.60. The highest BCUT2D eigenvalue weighted by Gasteiger charge is 2.57. The van der Waals surface area contributed by atoms with Crippen molar-refractivity contribution < 1.29 is 29.6 Å². The summed E-state index contributed by atoms with van der Waals surface area (Å²) in [6.07, 6.45) is 6.83. The van der Waals surface area contributed by atoms with Crippen molar-refractivity contribution in [3.8, 4) is 11.5 Å². The van der Waals surface area contributed by atoms with Gasteiger partial charge >= 0.3 is 0 Å². The third-order valence-corrected chi connectivity index (χ3v) is 7.28. The van der Waals surface area contributed by atoms with E-state index in [9.17, 15) is 24.9 Å². The van der Waals surface area contributed by atoms with Gasteiger partial charge in [0.25, 0.3) is 0 Å². The number of phenols is 2. The second kappa shape index (κ2) is 7.87. The van der Waals surface area contributed by atoms with E-state index < -0.39 is 33.9 Å². The Labute approximate surface area is 191 Å². The zero-order valence-electron chi connectivity index (χ0n) is 18.4. The van der Waals surface area contributed by atoms with Crippen molar-refractivity contribution in [1.29, 1.82) is 0 Å². The lowest BCUT2D eigenvalue weighted by atomic mass is 9.69. The maximum Gasteiger partial charge on any atom is 0.200 e. The van der Waals surface area contributed by atoms with Gasteiger partial charge in [-0.25, -0.2) is 0 Å². The summed E-state index contributed by atoms with van der Waals surface area (Å²) in [6, 6.07) is 1.23. The van der Waals surface area contributed by atoms with Gasteiger partial charge in [0.05, 0.1) is 23.1 Å². The predicted molar refractivity (Wildman–Crippen MR) is 121 cm³/mol. The lowest BCUT2D eigenvalue weighted by molar-refractivity contribution is -0.103. The molecule has 4 aliphatic carbocycles. The molecular formula is C25H27ClO6. The van der Waals surface area contributed by atoms with E-state index in [0.29, 0.717) is 18.4 Å². The minimum atomic E-state index is -1.59. The Morgan fingerprint density at radius 2 is 1.94 bits per heavy atom. The first-order valence-corrected chi connectivity index (χ1v) is 11.1. The molecule has 5 aliphatic rings. The molecule has 0 fully saturated rings. The van der Waals surface area contributed by atoms with Crippen molar-refractivity contribution in [2.24, 2.45) is 0 Å². The largest absolute Gasteiger partial charge is 0.507 e. The molecule has 3 N–H and O–H groups in total. The van der Waals surface area contributed by atoms with Crippen molar-refractivity contribution in [1.82, 2.24) is 0 Å². The monoisotopic (exact) mass is 458 g/mol. The van der Waals surface area contributed by atoms with Crippen LogP contribution in [0.3, 0.4) is 0 Å². The molecule has 1 spiro atoms. The number of benzene rings is 1. The van der Waals surface area contributed by atoms with E-state index >= 15 is 0 Å². The van der Waals surface area contributed by atoms with Crippen LogP contribution in [0, 0.1) is 0 Å². The first-order valence-electron chi connectivity index (χ1n) is 10.7. The summed E-state index contributed by atoms with van der Waals surface area (Å²) in [6.45, 7) is 5.22. The zero-order chi connectivity index (χ0) is 23.4. The average Bonchev–Trinajstić information content (AvgIpc) is 2.73. The van der Waals surface area contributed by atoms with E-state index in [1.54, 1.807) is 19.9 Å². The van der Waals surface area contributed by atoms with Crippen LogP contribution in [0.15, 0.2) is 41.0 Å². The van der Waals surface area contributed by atoms with E-state index in [1.807, 2.05) is 19.1 Å². The quantitative estimate of drug-likeness (QED) is 0.431. The number of ether oxygens (including phenoxy) is 1. The molecule has 0 radical (unpaired) electrons. The van der Waals surface area contributed by atoms with Crippen LogP contribution in [0.5, 0.6) is 11.5 Å². The van der Waals surface area contributed by atoms with E-state index in [0.717, 1.165) is 5.57 Å². The summed E-state index contributed by atoms with van der Waals surface area (Å²) < 4.78 is 6.31. The summed E-state index contributed by atoms with van der Waals surface area (Å²) in [4.78, 5) is 27.5. The molecule has 6 nitrogen and oxygen atoms in total. The highest BCUT2D eigenvalue weighted by atomic mass is 35.5. The molecule has 2 unspecified atom stereocenters. The number of alkyl halides is 1. The number of aliphatic hydroxyl groups is 1. The molecule has 1 aliphatic heterocycles. The number of hydrogen-bond donors (Lipinski definition) is 3. The molecule has 2 atom stereocenters. The van der Waals surface area contributed by atoms with Gasteiger partial charge in [0, 0.05) is 29.5 Å². The average molecular weight is 459 g/mol. The number of fused-ring (bicyclic) bond motifs is 1. The summed E-state index contributed by atoms with van der Waals surface area (Å²) in [5.74, 6) is -1.80. The lowest BCUT2D eigenvalue weighted by Crippen LogP contribution is -2.58. The first kappa shape index (κ1) is 22.8. The van der Waals surface area contributed by atoms with Crippen molar-refractivity contribution in [3.05, 3.63) is 57.7 Å². The second-order valence-electron chi connectivity index (χ2n) is 9.31. The van der Waals surface area contributed by atoms with Crippen molar-refractivity contribution in [2.45, 2.75) is 63.0 Å². The van der Waals surface area contributed by atoms with Crippen LogP contribution in [0.4, 0.5) is 0 Å². The molecule has 32 heavy (non-hydrogen) atoms. The Morgan fingerprint density at radius 1 is 1.22 bits per heavy atom. The zero-order valence-corrected chi connectivity index (χ0v) is 19.1. The highest BCUT2D eigenvalue weighted by molar-refractivity contribution is 6.30. The number of hydrogen-bond acceptors (Lipinski definition) is 6. The maximum atomic E-state index is 13.9. The third kappa shape index (κ3) is 3.41. The highest BCUT2D eigenvalue weighted by Crippen LogP contribution is 2.50. The van der Waals surface area contributed by atoms with Gasteiger partial charge in [0.2, 0.25) is 5.78 Å². The molecule has 1 aromatic rings. The molecule has 6 rings (SSSR count). The van der Waals surface area contributed by atoms with Crippen LogP contribution in [0.1, 0.15) is 66.3 Å². The summed E-state index contributed by atoms with van der Waals surface area (Å²) >= 11 is 6.50. The number of aliphatic hydroxyl groups excluding tert-OH is 1. The maximum absolute atomic E-state index is 13.9. The van der Waals surface area contributed by atoms with E-state index in [4.69, 9.17) is 16.3 Å². The van der Waals surface area contributed by atoms with E-state index in [1.165, 1.54) is 6.07 Å². The fraction of sp³-hybridized carbons (Fsp3) is 0.440. The Morgan fingerprint density at radius 3 is 2.62 bits per heavy atom. The molecule has 0 amide bonds. The van der Waals surface area contributed by atoms with Crippen LogP contribution >= 0.6 is 11.6 Å². The minimum absolute atomic E-state index is 0.0531. The summed E-state index contributed by atoms with van der Waals surface area (Å²) in [5, 5.41) is 30.7. The van der Waals surface area contributed by atoms with E-state index in [2.05, 4.69) is 0 Å². The van der Waals surface area contributed by atoms with Gasteiger partial charge in [-0.05, 0) is 45.3 Å². The normalized spacial score (nSPS) is 27.4. The fourth-order valence-corrected chi connectivity index (χ4v) is 4.86. The van der Waals surface area contributed by atoms with Crippen LogP contribution in [0.2, 0.25) is 0 Å². The van der Waals surface area contributed by atoms with Crippen LogP contribution < -0.4 is 0 Å². The number of carbonyl (C=O) groups is 2. The SMILES string of the molecule is CC1=CCC23OC(C)(C)C(Cl)C=C2C(=O)c2c(cc(O)c(c2O)CC(CO)=CCC1)C3=O. The number of carbonyl (C=O) groups excluding carboxylic acids is 2. The number of halogens is 1. The second-order valence-corrected chi connectivity index (χ2v) is 9.78. The number of ketones is 2. The molecule has 1 aromatic carbocycles. The predicted octanol–water partition coefficient (Wildman–Crippen LogP) is 4.15. The molecular weight excluding hydrogens is 432 g/mol. The third-order valence-electron chi connectivity index (χ3n) is 6.63.